The number of rotatable bonds is 4. The van der Waals surface area contributed by atoms with Crippen molar-refractivity contribution in [2.75, 3.05) is 4.72 Å². The molecule has 0 bridgehead atoms. The van der Waals surface area contributed by atoms with Gasteiger partial charge in [0, 0.05) is 15.7 Å². The van der Waals surface area contributed by atoms with E-state index in [1.807, 2.05) is 12.1 Å². The Kier molecular flexibility index (Phi) is 4.40. The van der Waals surface area contributed by atoms with Crippen molar-refractivity contribution >= 4 is 38.3 Å². The first-order chi connectivity index (χ1) is 9.36. The van der Waals surface area contributed by atoms with Crippen LogP contribution in [-0.4, -0.2) is 8.42 Å². The van der Waals surface area contributed by atoms with Crippen LogP contribution in [0.4, 0.5) is 5.69 Å². The molecular weight excluding hydrogens is 391 g/mol. The number of para-hydroxylation sites is 1. The Bertz CT molecular complexity index is 738. The van der Waals surface area contributed by atoms with Gasteiger partial charge in [-0.2, -0.15) is 0 Å². The van der Waals surface area contributed by atoms with Crippen LogP contribution in [0.5, 0.6) is 0 Å². The molecule has 1 aromatic heterocycles. The number of aryl methyl sites for hydroxylation is 2. The quantitative estimate of drug-likeness (QED) is 0.765. The van der Waals surface area contributed by atoms with Crippen molar-refractivity contribution in [1.29, 1.82) is 0 Å². The monoisotopic (exact) mass is 406 g/mol. The van der Waals surface area contributed by atoms with E-state index in [2.05, 4.69) is 27.3 Å². The van der Waals surface area contributed by atoms with E-state index in [0.717, 1.165) is 3.57 Å². The maximum atomic E-state index is 12.5. The lowest BCUT2D eigenvalue weighted by Gasteiger charge is -2.10. The summed E-state index contributed by atoms with van der Waals surface area (Å²) in [5.74, 6) is 0.884. The van der Waals surface area contributed by atoms with Crippen LogP contribution in [0.15, 0.2) is 33.6 Å². The zero-order chi connectivity index (χ0) is 14.9. The van der Waals surface area contributed by atoms with Gasteiger partial charge in [-0.05, 0) is 48.6 Å². The van der Waals surface area contributed by atoms with Crippen molar-refractivity contribution in [3.05, 3.63) is 44.9 Å². The van der Waals surface area contributed by atoms with E-state index in [4.69, 9.17) is 10.2 Å². The third kappa shape index (κ3) is 2.84. The van der Waals surface area contributed by atoms with E-state index in [-0.39, 0.29) is 11.4 Å². The molecule has 0 atom stereocenters. The molecule has 20 heavy (non-hydrogen) atoms. The number of anilines is 1. The minimum absolute atomic E-state index is 0.116. The third-order valence-electron chi connectivity index (χ3n) is 2.92. The van der Waals surface area contributed by atoms with E-state index < -0.39 is 10.0 Å². The van der Waals surface area contributed by atoms with E-state index >= 15 is 0 Å². The Balaban J connectivity index is 2.49. The summed E-state index contributed by atoms with van der Waals surface area (Å²) in [6.45, 7) is 3.45. The molecule has 1 heterocycles. The molecule has 0 saturated heterocycles. The van der Waals surface area contributed by atoms with Gasteiger partial charge < -0.3 is 10.2 Å². The fourth-order valence-corrected chi connectivity index (χ4v) is 4.28. The third-order valence-corrected chi connectivity index (χ3v) is 5.42. The number of hydrogen-bond acceptors (Lipinski definition) is 4. The van der Waals surface area contributed by atoms with Crippen LogP contribution in [-0.2, 0) is 16.6 Å². The molecule has 7 heteroatoms. The van der Waals surface area contributed by atoms with Crippen LogP contribution >= 0.6 is 22.6 Å². The molecule has 108 valence electrons. The van der Waals surface area contributed by atoms with Crippen molar-refractivity contribution < 1.29 is 12.8 Å². The van der Waals surface area contributed by atoms with Crippen molar-refractivity contribution in [1.82, 2.24) is 0 Å². The van der Waals surface area contributed by atoms with Gasteiger partial charge in [-0.15, -0.1) is 0 Å². The van der Waals surface area contributed by atoms with Crippen molar-refractivity contribution in [2.45, 2.75) is 25.3 Å². The van der Waals surface area contributed by atoms with Gasteiger partial charge >= 0.3 is 0 Å². The van der Waals surface area contributed by atoms with Crippen LogP contribution in [0.2, 0.25) is 0 Å². The molecular formula is C13H15IN2O3S. The fourth-order valence-electron chi connectivity index (χ4n) is 2.04. The first-order valence-electron chi connectivity index (χ1n) is 5.93. The average Bonchev–Trinajstić information content (AvgIpc) is 2.67. The molecule has 0 spiro atoms. The first-order valence-corrected chi connectivity index (χ1v) is 8.49. The molecule has 0 aliphatic carbocycles. The van der Waals surface area contributed by atoms with Crippen molar-refractivity contribution in [3.8, 4) is 0 Å². The Morgan fingerprint density at radius 2 is 1.90 bits per heavy atom. The average molecular weight is 406 g/mol. The molecule has 0 aliphatic rings. The molecule has 0 unspecified atom stereocenters. The summed E-state index contributed by atoms with van der Waals surface area (Å²) < 4.78 is 33.9. The standard InChI is InChI=1S/C13H15IN2O3S/c1-8-10(7-15)13(9(2)19-8)20(17,18)16-12-6-4-3-5-11(12)14/h3-6,16H,7,15H2,1-2H3. The highest BCUT2D eigenvalue weighted by atomic mass is 127. The summed E-state index contributed by atoms with van der Waals surface area (Å²) in [5, 5.41) is 0. The number of halogens is 1. The number of benzene rings is 1. The van der Waals surface area contributed by atoms with Gasteiger partial charge in [0.05, 0.1) is 5.69 Å². The second-order valence-electron chi connectivity index (χ2n) is 4.31. The zero-order valence-corrected chi connectivity index (χ0v) is 14.1. The minimum atomic E-state index is -3.72. The Hall–Kier alpha value is -1.06. The summed E-state index contributed by atoms with van der Waals surface area (Å²) in [5.41, 5.74) is 6.68. The lowest BCUT2D eigenvalue weighted by atomic mass is 10.2. The van der Waals surface area contributed by atoms with Gasteiger partial charge in [0.15, 0.2) is 0 Å². The predicted octanol–water partition coefficient (Wildman–Crippen LogP) is 2.76. The van der Waals surface area contributed by atoms with Crippen LogP contribution < -0.4 is 10.5 Å². The zero-order valence-electron chi connectivity index (χ0n) is 11.1. The highest BCUT2D eigenvalue weighted by Gasteiger charge is 2.26. The molecule has 0 aliphatic heterocycles. The van der Waals surface area contributed by atoms with Gasteiger partial charge in [-0.3, -0.25) is 4.72 Å². The van der Waals surface area contributed by atoms with Gasteiger partial charge in [0.1, 0.15) is 16.4 Å². The molecule has 3 N–H and O–H groups in total. The normalized spacial score (nSPS) is 11.6. The van der Waals surface area contributed by atoms with E-state index in [9.17, 15) is 8.42 Å². The topological polar surface area (TPSA) is 85.3 Å². The highest BCUT2D eigenvalue weighted by molar-refractivity contribution is 14.1. The molecule has 1 aromatic carbocycles. The Morgan fingerprint density at radius 3 is 2.50 bits per heavy atom. The van der Waals surface area contributed by atoms with Gasteiger partial charge in [0.25, 0.3) is 10.0 Å². The largest absolute Gasteiger partial charge is 0.465 e. The maximum Gasteiger partial charge on any atom is 0.265 e. The number of hydrogen-bond donors (Lipinski definition) is 2. The minimum Gasteiger partial charge on any atom is -0.465 e. The summed E-state index contributed by atoms with van der Waals surface area (Å²) in [6, 6.07) is 7.16. The molecule has 2 rings (SSSR count). The van der Waals surface area contributed by atoms with Gasteiger partial charge in [-0.25, -0.2) is 8.42 Å². The fraction of sp³-hybridized carbons (Fsp3) is 0.231. The van der Waals surface area contributed by atoms with Crippen LogP contribution in [0, 0.1) is 17.4 Å². The van der Waals surface area contributed by atoms with Crippen molar-refractivity contribution in [2.24, 2.45) is 5.73 Å². The summed E-state index contributed by atoms with van der Waals surface area (Å²) in [6.07, 6.45) is 0. The predicted molar refractivity (Wildman–Crippen MR) is 86.0 cm³/mol. The number of furan rings is 1. The van der Waals surface area contributed by atoms with Crippen molar-refractivity contribution in [3.63, 3.8) is 0 Å². The lowest BCUT2D eigenvalue weighted by molar-refractivity contribution is 0.494. The molecule has 5 nitrogen and oxygen atoms in total. The number of sulfonamides is 1. The lowest BCUT2D eigenvalue weighted by Crippen LogP contribution is -2.17. The second kappa shape index (κ2) is 5.74. The first kappa shape index (κ1) is 15.3. The molecule has 0 saturated carbocycles. The second-order valence-corrected chi connectivity index (χ2v) is 7.09. The smallest absolute Gasteiger partial charge is 0.265 e. The Labute approximate surface area is 131 Å². The van der Waals surface area contributed by atoms with Crippen LogP contribution in [0.25, 0.3) is 0 Å². The van der Waals surface area contributed by atoms with Crippen LogP contribution in [0.3, 0.4) is 0 Å². The number of nitrogens with one attached hydrogen (secondary N) is 1. The molecule has 2 aromatic rings. The Morgan fingerprint density at radius 1 is 1.25 bits per heavy atom. The summed E-state index contributed by atoms with van der Waals surface area (Å²) in [7, 11) is -3.72. The summed E-state index contributed by atoms with van der Waals surface area (Å²) >= 11 is 2.08. The van der Waals surface area contributed by atoms with Gasteiger partial charge in [0.2, 0.25) is 0 Å². The highest BCUT2D eigenvalue weighted by Crippen LogP contribution is 2.29. The van der Waals surface area contributed by atoms with Crippen LogP contribution in [0.1, 0.15) is 17.1 Å². The maximum absolute atomic E-state index is 12.5. The SMILES string of the molecule is Cc1oc(C)c(S(=O)(=O)Nc2ccccc2I)c1CN. The molecule has 0 radical (unpaired) electrons. The number of nitrogens with two attached hydrogens (primary N) is 1. The van der Waals surface area contributed by atoms with E-state index in [0.29, 0.717) is 22.8 Å². The molecule has 0 fully saturated rings. The van der Waals surface area contributed by atoms with Gasteiger partial charge in [-0.1, -0.05) is 12.1 Å². The van der Waals surface area contributed by atoms with E-state index in [1.165, 1.54) is 0 Å². The molecule has 0 amide bonds. The van der Waals surface area contributed by atoms with E-state index in [1.54, 1.807) is 26.0 Å². The summed E-state index contributed by atoms with van der Waals surface area (Å²) in [4.78, 5) is 0.136.